The van der Waals surface area contributed by atoms with Crippen LogP contribution in [0.3, 0.4) is 0 Å². The van der Waals surface area contributed by atoms with Crippen LogP contribution in [-0.2, 0) is 0 Å². The molecule has 0 fully saturated rings. The maximum absolute atomic E-state index is 10.7. The Labute approximate surface area is 82.1 Å². The quantitative estimate of drug-likeness (QED) is 0.797. The maximum atomic E-state index is 10.7. The number of benzene rings is 1. The Morgan fingerprint density at radius 2 is 2.21 bits per heavy atom. The molecular formula is C10H12O4. The zero-order valence-electron chi connectivity index (χ0n) is 8.11. The zero-order valence-corrected chi connectivity index (χ0v) is 8.11. The fourth-order valence-corrected chi connectivity index (χ4v) is 1.10. The van der Waals surface area contributed by atoms with Gasteiger partial charge in [0.05, 0.1) is 13.7 Å². The standard InChI is InChI=1S/C10H12O4/c1-3-14-7-4-5-8(10(11)12)9(6-7)13-2/h4-6H,3H2,1-2H3,(H,11,12). The SMILES string of the molecule is CCOc1ccc(C(=O)O)c(OC)c1. The predicted molar refractivity (Wildman–Crippen MR) is 51.1 cm³/mol. The fourth-order valence-electron chi connectivity index (χ4n) is 1.10. The molecule has 4 nitrogen and oxygen atoms in total. The molecule has 4 heteroatoms. The van der Waals surface area contributed by atoms with Gasteiger partial charge < -0.3 is 14.6 Å². The van der Waals surface area contributed by atoms with E-state index in [9.17, 15) is 4.79 Å². The summed E-state index contributed by atoms with van der Waals surface area (Å²) in [6.45, 7) is 2.40. The summed E-state index contributed by atoms with van der Waals surface area (Å²) in [6.07, 6.45) is 0. The van der Waals surface area contributed by atoms with Gasteiger partial charge in [-0.25, -0.2) is 4.79 Å². The van der Waals surface area contributed by atoms with Crippen LogP contribution in [0.2, 0.25) is 0 Å². The largest absolute Gasteiger partial charge is 0.496 e. The molecule has 0 radical (unpaired) electrons. The van der Waals surface area contributed by atoms with Gasteiger partial charge >= 0.3 is 5.97 Å². The highest BCUT2D eigenvalue weighted by atomic mass is 16.5. The van der Waals surface area contributed by atoms with Crippen molar-refractivity contribution in [1.82, 2.24) is 0 Å². The van der Waals surface area contributed by atoms with Crippen molar-refractivity contribution < 1.29 is 19.4 Å². The average Bonchev–Trinajstić information content (AvgIpc) is 2.17. The lowest BCUT2D eigenvalue weighted by atomic mass is 10.2. The van der Waals surface area contributed by atoms with Crippen molar-refractivity contribution in [1.29, 1.82) is 0 Å². The number of methoxy groups -OCH3 is 1. The summed E-state index contributed by atoms with van der Waals surface area (Å²) in [4.78, 5) is 10.7. The van der Waals surface area contributed by atoms with E-state index in [0.29, 0.717) is 18.1 Å². The third-order valence-electron chi connectivity index (χ3n) is 1.71. The number of aromatic carboxylic acids is 1. The first kappa shape index (κ1) is 10.4. The Morgan fingerprint density at radius 3 is 2.71 bits per heavy atom. The van der Waals surface area contributed by atoms with E-state index in [1.165, 1.54) is 13.2 Å². The number of carbonyl (C=O) groups is 1. The van der Waals surface area contributed by atoms with Crippen LogP contribution in [0.4, 0.5) is 0 Å². The van der Waals surface area contributed by atoms with Crippen molar-refractivity contribution in [2.24, 2.45) is 0 Å². The molecule has 0 aliphatic rings. The zero-order chi connectivity index (χ0) is 10.6. The molecule has 1 aromatic rings. The van der Waals surface area contributed by atoms with Crippen LogP contribution in [0, 0.1) is 0 Å². The van der Waals surface area contributed by atoms with Crippen LogP contribution >= 0.6 is 0 Å². The molecule has 0 atom stereocenters. The van der Waals surface area contributed by atoms with Gasteiger partial charge in [0.25, 0.3) is 0 Å². The van der Waals surface area contributed by atoms with E-state index < -0.39 is 5.97 Å². The van der Waals surface area contributed by atoms with Crippen molar-refractivity contribution in [3.63, 3.8) is 0 Å². The molecule has 14 heavy (non-hydrogen) atoms. The molecule has 0 aromatic heterocycles. The van der Waals surface area contributed by atoms with Gasteiger partial charge in [-0.1, -0.05) is 0 Å². The van der Waals surface area contributed by atoms with Gasteiger partial charge in [0, 0.05) is 6.07 Å². The van der Waals surface area contributed by atoms with Gasteiger partial charge in [-0.2, -0.15) is 0 Å². The van der Waals surface area contributed by atoms with Gasteiger partial charge in [-0.05, 0) is 19.1 Å². The first-order valence-corrected chi connectivity index (χ1v) is 4.23. The Balaban J connectivity index is 3.05. The molecule has 0 saturated heterocycles. The number of carboxylic acids is 1. The summed E-state index contributed by atoms with van der Waals surface area (Å²) in [7, 11) is 1.43. The van der Waals surface area contributed by atoms with Crippen LogP contribution in [0.15, 0.2) is 18.2 Å². The molecule has 0 spiro atoms. The van der Waals surface area contributed by atoms with E-state index in [-0.39, 0.29) is 5.56 Å². The summed E-state index contributed by atoms with van der Waals surface area (Å²) in [5, 5.41) is 8.80. The normalized spacial score (nSPS) is 9.57. The van der Waals surface area contributed by atoms with Crippen molar-refractivity contribution in [2.45, 2.75) is 6.92 Å². The molecule has 0 aliphatic heterocycles. The lowest BCUT2D eigenvalue weighted by Gasteiger charge is -2.07. The maximum Gasteiger partial charge on any atom is 0.339 e. The van der Waals surface area contributed by atoms with Crippen LogP contribution in [0.1, 0.15) is 17.3 Å². The van der Waals surface area contributed by atoms with E-state index in [2.05, 4.69) is 0 Å². The highest BCUT2D eigenvalue weighted by Crippen LogP contribution is 2.24. The molecule has 0 heterocycles. The highest BCUT2D eigenvalue weighted by molar-refractivity contribution is 5.91. The molecular weight excluding hydrogens is 184 g/mol. The van der Waals surface area contributed by atoms with E-state index in [1.54, 1.807) is 12.1 Å². The Kier molecular flexibility index (Phi) is 3.34. The summed E-state index contributed by atoms with van der Waals surface area (Å²) in [5.74, 6) is -0.0947. The van der Waals surface area contributed by atoms with Crippen molar-refractivity contribution in [2.75, 3.05) is 13.7 Å². The van der Waals surface area contributed by atoms with Gasteiger partial charge in [0.1, 0.15) is 17.1 Å². The Hall–Kier alpha value is -1.71. The highest BCUT2D eigenvalue weighted by Gasteiger charge is 2.11. The van der Waals surface area contributed by atoms with Gasteiger partial charge in [-0.15, -0.1) is 0 Å². The second-order valence-electron chi connectivity index (χ2n) is 2.60. The lowest BCUT2D eigenvalue weighted by molar-refractivity contribution is 0.0693. The summed E-state index contributed by atoms with van der Waals surface area (Å²) in [5.41, 5.74) is 0.135. The molecule has 0 aliphatic carbocycles. The number of ether oxygens (including phenoxy) is 2. The predicted octanol–water partition coefficient (Wildman–Crippen LogP) is 1.79. The van der Waals surface area contributed by atoms with Crippen molar-refractivity contribution in [3.05, 3.63) is 23.8 Å². The van der Waals surface area contributed by atoms with Crippen molar-refractivity contribution in [3.8, 4) is 11.5 Å². The molecule has 76 valence electrons. The Bertz CT molecular complexity index is 333. The summed E-state index contributed by atoms with van der Waals surface area (Å²) >= 11 is 0. The minimum Gasteiger partial charge on any atom is -0.496 e. The first-order chi connectivity index (χ1) is 6.69. The van der Waals surface area contributed by atoms with Crippen molar-refractivity contribution >= 4 is 5.97 Å². The second-order valence-corrected chi connectivity index (χ2v) is 2.60. The molecule has 0 unspecified atom stereocenters. The molecule has 0 amide bonds. The first-order valence-electron chi connectivity index (χ1n) is 4.23. The Morgan fingerprint density at radius 1 is 1.50 bits per heavy atom. The van der Waals surface area contributed by atoms with E-state index in [0.717, 1.165) is 0 Å². The number of carboxylic acid groups (broad SMARTS) is 1. The third kappa shape index (κ3) is 2.16. The van der Waals surface area contributed by atoms with Crippen LogP contribution in [0.5, 0.6) is 11.5 Å². The monoisotopic (exact) mass is 196 g/mol. The van der Waals surface area contributed by atoms with Crippen LogP contribution in [-0.4, -0.2) is 24.8 Å². The molecule has 1 rings (SSSR count). The van der Waals surface area contributed by atoms with E-state index in [4.69, 9.17) is 14.6 Å². The minimum atomic E-state index is -1.01. The molecule has 0 saturated carbocycles. The third-order valence-corrected chi connectivity index (χ3v) is 1.71. The smallest absolute Gasteiger partial charge is 0.339 e. The minimum absolute atomic E-state index is 0.135. The molecule has 1 aromatic carbocycles. The van der Waals surface area contributed by atoms with Gasteiger partial charge in [0.15, 0.2) is 0 Å². The molecule has 1 N–H and O–H groups in total. The fraction of sp³-hybridized carbons (Fsp3) is 0.300. The molecule has 0 bridgehead atoms. The van der Waals surface area contributed by atoms with E-state index in [1.807, 2.05) is 6.92 Å². The topological polar surface area (TPSA) is 55.8 Å². The number of hydrogen-bond acceptors (Lipinski definition) is 3. The number of hydrogen-bond donors (Lipinski definition) is 1. The second kappa shape index (κ2) is 4.50. The van der Waals surface area contributed by atoms with E-state index >= 15 is 0 Å². The van der Waals surface area contributed by atoms with Gasteiger partial charge in [0.2, 0.25) is 0 Å². The summed E-state index contributed by atoms with van der Waals surface area (Å²) in [6, 6.07) is 4.63. The average molecular weight is 196 g/mol. The number of rotatable bonds is 4. The van der Waals surface area contributed by atoms with Crippen LogP contribution < -0.4 is 9.47 Å². The summed E-state index contributed by atoms with van der Waals surface area (Å²) < 4.78 is 10.1. The van der Waals surface area contributed by atoms with Gasteiger partial charge in [-0.3, -0.25) is 0 Å². The lowest BCUT2D eigenvalue weighted by Crippen LogP contribution is -2.01. The van der Waals surface area contributed by atoms with Crippen LogP contribution in [0.25, 0.3) is 0 Å².